The molecule has 0 atom stereocenters. The van der Waals surface area contributed by atoms with Gasteiger partial charge in [-0.3, -0.25) is 4.55 Å². The van der Waals surface area contributed by atoms with Gasteiger partial charge in [-0.1, -0.05) is 12.1 Å². The van der Waals surface area contributed by atoms with E-state index in [2.05, 4.69) is 5.32 Å². The van der Waals surface area contributed by atoms with Gasteiger partial charge in [0.2, 0.25) is 0 Å². The first kappa shape index (κ1) is 13.0. The Bertz CT molecular complexity index is 430. The molecule has 0 aliphatic heterocycles. The second-order valence-corrected chi connectivity index (χ2v) is 4.89. The van der Waals surface area contributed by atoms with Gasteiger partial charge < -0.3 is 10.1 Å². The minimum Gasteiger partial charge on any atom is -0.497 e. The van der Waals surface area contributed by atoms with Gasteiger partial charge in [0.05, 0.1) is 12.9 Å². The second kappa shape index (κ2) is 5.83. The molecular weight excluding hydrogens is 230 g/mol. The smallest absolute Gasteiger partial charge is 0.266 e. The highest BCUT2D eigenvalue weighted by Crippen LogP contribution is 2.11. The van der Waals surface area contributed by atoms with Crippen molar-refractivity contribution in [2.45, 2.75) is 6.54 Å². The highest BCUT2D eigenvalue weighted by atomic mass is 32.2. The van der Waals surface area contributed by atoms with Gasteiger partial charge in [-0.05, 0) is 17.7 Å². The number of ether oxygens (including phenoxy) is 1. The molecule has 0 saturated carbocycles. The van der Waals surface area contributed by atoms with Crippen LogP contribution in [0.4, 0.5) is 0 Å². The molecule has 0 bridgehead atoms. The van der Waals surface area contributed by atoms with Crippen LogP contribution in [0.5, 0.6) is 5.75 Å². The monoisotopic (exact) mass is 245 g/mol. The van der Waals surface area contributed by atoms with Crippen LogP contribution in [-0.4, -0.2) is 32.4 Å². The Kier molecular flexibility index (Phi) is 4.72. The highest BCUT2D eigenvalue weighted by molar-refractivity contribution is 7.85. The van der Waals surface area contributed by atoms with Crippen LogP contribution in [0.1, 0.15) is 5.56 Å². The van der Waals surface area contributed by atoms with Crippen molar-refractivity contribution in [3.05, 3.63) is 29.8 Å². The molecule has 0 heterocycles. The second-order valence-electron chi connectivity index (χ2n) is 3.31. The van der Waals surface area contributed by atoms with E-state index in [-0.39, 0.29) is 12.3 Å². The number of benzene rings is 1. The topological polar surface area (TPSA) is 75.6 Å². The summed E-state index contributed by atoms with van der Waals surface area (Å²) in [5.41, 5.74) is 0.995. The lowest BCUT2D eigenvalue weighted by Crippen LogP contribution is -2.22. The molecule has 0 amide bonds. The van der Waals surface area contributed by atoms with Crippen LogP contribution in [0.15, 0.2) is 24.3 Å². The third-order valence-electron chi connectivity index (χ3n) is 2.00. The van der Waals surface area contributed by atoms with Crippen molar-refractivity contribution in [2.75, 3.05) is 19.4 Å². The maximum absolute atomic E-state index is 10.4. The van der Waals surface area contributed by atoms with Crippen LogP contribution < -0.4 is 10.1 Å². The third-order valence-corrected chi connectivity index (χ3v) is 2.72. The minimum atomic E-state index is -3.88. The Morgan fingerprint density at radius 1 is 1.44 bits per heavy atom. The van der Waals surface area contributed by atoms with Gasteiger partial charge in [-0.15, -0.1) is 0 Å². The first-order valence-corrected chi connectivity index (χ1v) is 6.41. The number of hydrogen-bond donors (Lipinski definition) is 2. The molecule has 5 nitrogen and oxygen atoms in total. The van der Waals surface area contributed by atoms with Crippen LogP contribution in [0, 0.1) is 0 Å². The molecule has 2 N–H and O–H groups in total. The van der Waals surface area contributed by atoms with E-state index in [1.807, 2.05) is 24.3 Å². The number of nitrogens with one attached hydrogen (secondary N) is 1. The average molecular weight is 245 g/mol. The Labute approximate surface area is 95.2 Å². The van der Waals surface area contributed by atoms with Crippen molar-refractivity contribution in [1.29, 1.82) is 0 Å². The van der Waals surface area contributed by atoms with Crippen LogP contribution in [0.3, 0.4) is 0 Å². The first-order chi connectivity index (χ1) is 7.51. The van der Waals surface area contributed by atoms with Gasteiger partial charge in [0.25, 0.3) is 10.1 Å². The average Bonchev–Trinajstić information content (AvgIpc) is 2.23. The van der Waals surface area contributed by atoms with E-state index >= 15 is 0 Å². The molecule has 0 spiro atoms. The van der Waals surface area contributed by atoms with Crippen LogP contribution >= 0.6 is 0 Å². The number of hydrogen-bond acceptors (Lipinski definition) is 4. The molecule has 0 saturated heterocycles. The van der Waals surface area contributed by atoms with Gasteiger partial charge in [-0.25, -0.2) is 0 Å². The maximum Gasteiger partial charge on any atom is 0.266 e. The molecule has 0 aromatic heterocycles. The summed E-state index contributed by atoms with van der Waals surface area (Å²) in [4.78, 5) is 0. The molecule has 1 aromatic carbocycles. The first-order valence-electron chi connectivity index (χ1n) is 4.80. The zero-order valence-corrected chi connectivity index (χ0v) is 9.83. The zero-order valence-electron chi connectivity index (χ0n) is 9.01. The largest absolute Gasteiger partial charge is 0.497 e. The molecule has 0 fully saturated rings. The van der Waals surface area contributed by atoms with E-state index in [4.69, 9.17) is 9.29 Å². The molecule has 16 heavy (non-hydrogen) atoms. The van der Waals surface area contributed by atoms with E-state index in [0.717, 1.165) is 11.3 Å². The van der Waals surface area contributed by atoms with Crippen LogP contribution in [-0.2, 0) is 16.7 Å². The maximum atomic E-state index is 10.4. The quantitative estimate of drug-likeness (QED) is 0.569. The van der Waals surface area contributed by atoms with Crippen LogP contribution in [0.2, 0.25) is 0 Å². The summed E-state index contributed by atoms with van der Waals surface area (Å²) < 4.78 is 34.4. The predicted molar refractivity (Wildman–Crippen MR) is 61.1 cm³/mol. The Morgan fingerprint density at radius 2 is 2.19 bits per heavy atom. The Hall–Kier alpha value is -1.11. The van der Waals surface area contributed by atoms with Crippen molar-refractivity contribution in [3.63, 3.8) is 0 Å². The molecule has 0 unspecified atom stereocenters. The van der Waals surface area contributed by atoms with Gasteiger partial charge >= 0.3 is 0 Å². The minimum absolute atomic E-state index is 0.218. The molecule has 90 valence electrons. The summed E-state index contributed by atoms with van der Waals surface area (Å²) in [7, 11) is -2.29. The van der Waals surface area contributed by atoms with E-state index in [9.17, 15) is 8.42 Å². The molecule has 1 aromatic rings. The van der Waals surface area contributed by atoms with E-state index in [1.54, 1.807) is 7.11 Å². The normalized spacial score (nSPS) is 11.4. The van der Waals surface area contributed by atoms with Crippen molar-refractivity contribution >= 4 is 10.1 Å². The van der Waals surface area contributed by atoms with Crippen LogP contribution in [0.25, 0.3) is 0 Å². The molecule has 1 rings (SSSR count). The standard InChI is InChI=1S/C10H15NO4S/c1-15-10-4-2-3-9(7-10)8-11-5-6-16(12,13)14/h2-4,7,11H,5-6,8H2,1H3,(H,12,13,14). The van der Waals surface area contributed by atoms with Gasteiger partial charge in [0.1, 0.15) is 5.75 Å². The lowest BCUT2D eigenvalue weighted by molar-refractivity contribution is 0.414. The zero-order chi connectivity index (χ0) is 12.0. The van der Waals surface area contributed by atoms with E-state index in [0.29, 0.717) is 6.54 Å². The Morgan fingerprint density at radius 3 is 2.81 bits per heavy atom. The SMILES string of the molecule is COc1cccc(CNCCS(=O)(=O)O)c1. The molecular formula is C10H15NO4S. The summed E-state index contributed by atoms with van der Waals surface area (Å²) in [5, 5.41) is 2.91. The van der Waals surface area contributed by atoms with Crippen molar-refractivity contribution in [3.8, 4) is 5.75 Å². The third kappa shape index (κ3) is 5.11. The van der Waals surface area contributed by atoms with Crippen molar-refractivity contribution < 1.29 is 17.7 Å². The van der Waals surface area contributed by atoms with E-state index in [1.165, 1.54) is 0 Å². The summed E-state index contributed by atoms with van der Waals surface area (Å²) in [6.07, 6.45) is 0. The van der Waals surface area contributed by atoms with Crippen molar-refractivity contribution in [1.82, 2.24) is 5.32 Å². The van der Waals surface area contributed by atoms with Gasteiger partial charge in [0.15, 0.2) is 0 Å². The van der Waals surface area contributed by atoms with Gasteiger partial charge in [0, 0.05) is 13.1 Å². The molecule has 0 aliphatic carbocycles. The molecule has 6 heteroatoms. The summed E-state index contributed by atoms with van der Waals surface area (Å²) in [6.45, 7) is 0.753. The van der Waals surface area contributed by atoms with Gasteiger partial charge in [-0.2, -0.15) is 8.42 Å². The molecule has 0 aliphatic rings. The summed E-state index contributed by atoms with van der Waals surface area (Å²) >= 11 is 0. The van der Waals surface area contributed by atoms with E-state index < -0.39 is 10.1 Å². The molecule has 0 radical (unpaired) electrons. The number of methoxy groups -OCH3 is 1. The Balaban J connectivity index is 2.37. The fourth-order valence-electron chi connectivity index (χ4n) is 1.22. The fraction of sp³-hybridized carbons (Fsp3) is 0.400. The highest BCUT2D eigenvalue weighted by Gasteiger charge is 2.03. The predicted octanol–water partition coefficient (Wildman–Crippen LogP) is 0.673. The lowest BCUT2D eigenvalue weighted by atomic mass is 10.2. The lowest BCUT2D eigenvalue weighted by Gasteiger charge is -2.05. The number of rotatable bonds is 6. The fourth-order valence-corrected chi connectivity index (χ4v) is 1.62. The van der Waals surface area contributed by atoms with Crippen molar-refractivity contribution in [2.24, 2.45) is 0 Å². The summed E-state index contributed by atoms with van der Waals surface area (Å²) in [6, 6.07) is 7.46. The summed E-state index contributed by atoms with van der Waals surface area (Å²) in [5.74, 6) is 0.478.